The Morgan fingerprint density at radius 1 is 1.18 bits per heavy atom. The number of hydrogen-bond acceptors (Lipinski definition) is 1. The first-order valence-electron chi connectivity index (χ1n) is 5.88. The second kappa shape index (κ2) is 4.08. The number of halogens is 1. The van der Waals surface area contributed by atoms with Crippen molar-refractivity contribution in [3.63, 3.8) is 0 Å². The predicted molar refractivity (Wildman–Crippen MR) is 73.8 cm³/mol. The summed E-state index contributed by atoms with van der Waals surface area (Å²) in [6.45, 7) is 3.06. The fraction of sp³-hybridized carbons (Fsp3) is 0.200. The van der Waals surface area contributed by atoms with E-state index in [-0.39, 0.29) is 0 Å². The van der Waals surface area contributed by atoms with E-state index in [2.05, 4.69) is 35.6 Å². The lowest BCUT2D eigenvalue weighted by Gasteiger charge is -2.10. The van der Waals surface area contributed by atoms with Gasteiger partial charge in [0.2, 0.25) is 0 Å². The van der Waals surface area contributed by atoms with Crippen LogP contribution in [0.4, 0.5) is 5.69 Å². The van der Waals surface area contributed by atoms with Gasteiger partial charge in [-0.25, -0.2) is 0 Å². The van der Waals surface area contributed by atoms with Crippen LogP contribution in [0.2, 0.25) is 5.02 Å². The topological polar surface area (TPSA) is 12.0 Å². The first-order valence-corrected chi connectivity index (χ1v) is 6.26. The van der Waals surface area contributed by atoms with Crippen LogP contribution >= 0.6 is 11.6 Å². The minimum atomic E-state index is 0.832. The van der Waals surface area contributed by atoms with Gasteiger partial charge in [-0.15, -0.1) is 0 Å². The maximum atomic E-state index is 6.19. The Hall–Kier alpha value is -1.47. The zero-order valence-electron chi connectivity index (χ0n) is 9.76. The van der Waals surface area contributed by atoms with Crippen molar-refractivity contribution in [2.75, 3.05) is 11.9 Å². The average molecular weight is 244 g/mol. The average Bonchev–Trinajstić information content (AvgIpc) is 2.80. The number of benzene rings is 2. The lowest BCUT2D eigenvalue weighted by molar-refractivity contribution is 1.11. The Labute approximate surface area is 106 Å². The lowest BCUT2D eigenvalue weighted by atomic mass is 10.00. The van der Waals surface area contributed by atoms with Crippen molar-refractivity contribution in [1.29, 1.82) is 0 Å². The summed E-state index contributed by atoms with van der Waals surface area (Å²) in [5, 5.41) is 4.29. The standard InChI is InChI=1S/C15H14ClN/c1-10-5-6-12(9-14(10)16)13-4-2-3-11-7-8-17-15(11)13/h2-6,9,17H,7-8H2,1H3. The molecule has 0 fully saturated rings. The molecule has 0 saturated carbocycles. The molecule has 0 unspecified atom stereocenters. The SMILES string of the molecule is Cc1ccc(-c2cccc3c2NCC3)cc1Cl. The molecule has 17 heavy (non-hydrogen) atoms. The summed E-state index contributed by atoms with van der Waals surface area (Å²) in [5.41, 5.74) is 6.23. The van der Waals surface area contributed by atoms with Crippen LogP contribution in [0.15, 0.2) is 36.4 Å². The van der Waals surface area contributed by atoms with Crippen LogP contribution in [0.1, 0.15) is 11.1 Å². The molecule has 2 aromatic carbocycles. The number of hydrogen-bond donors (Lipinski definition) is 1. The van der Waals surface area contributed by atoms with Gasteiger partial charge in [-0.2, -0.15) is 0 Å². The number of aryl methyl sites for hydroxylation is 1. The Morgan fingerprint density at radius 3 is 2.88 bits per heavy atom. The maximum Gasteiger partial charge on any atom is 0.0453 e. The molecule has 0 aromatic heterocycles. The number of nitrogens with one attached hydrogen (secondary N) is 1. The van der Waals surface area contributed by atoms with Crippen molar-refractivity contribution >= 4 is 17.3 Å². The van der Waals surface area contributed by atoms with Gasteiger partial charge in [-0.05, 0) is 36.1 Å². The Morgan fingerprint density at radius 2 is 2.06 bits per heavy atom. The molecule has 0 amide bonds. The van der Waals surface area contributed by atoms with Crippen LogP contribution in [0.3, 0.4) is 0 Å². The molecule has 2 heteroatoms. The molecule has 1 heterocycles. The van der Waals surface area contributed by atoms with Crippen molar-refractivity contribution in [2.24, 2.45) is 0 Å². The van der Waals surface area contributed by atoms with Gasteiger partial charge in [-0.3, -0.25) is 0 Å². The molecule has 0 radical (unpaired) electrons. The van der Waals surface area contributed by atoms with Crippen LogP contribution in [0.5, 0.6) is 0 Å². The summed E-state index contributed by atoms with van der Waals surface area (Å²) >= 11 is 6.19. The summed E-state index contributed by atoms with van der Waals surface area (Å²) in [6.07, 6.45) is 1.11. The number of anilines is 1. The van der Waals surface area contributed by atoms with E-state index in [0.29, 0.717) is 0 Å². The number of para-hydroxylation sites is 1. The molecule has 2 aromatic rings. The molecular weight excluding hydrogens is 230 g/mol. The minimum Gasteiger partial charge on any atom is -0.384 e. The van der Waals surface area contributed by atoms with E-state index in [4.69, 9.17) is 11.6 Å². The third-order valence-electron chi connectivity index (χ3n) is 3.33. The summed E-state index contributed by atoms with van der Waals surface area (Å²) in [5.74, 6) is 0. The fourth-order valence-electron chi connectivity index (χ4n) is 2.34. The molecule has 1 aliphatic rings. The normalized spacial score (nSPS) is 13.3. The van der Waals surface area contributed by atoms with Crippen molar-refractivity contribution < 1.29 is 0 Å². The van der Waals surface area contributed by atoms with Gasteiger partial charge < -0.3 is 5.32 Å². The summed E-state index contributed by atoms with van der Waals surface area (Å²) in [7, 11) is 0. The van der Waals surface area contributed by atoms with Gasteiger partial charge in [-0.1, -0.05) is 41.9 Å². The minimum absolute atomic E-state index is 0.832. The van der Waals surface area contributed by atoms with Gasteiger partial charge in [0.25, 0.3) is 0 Å². The number of fused-ring (bicyclic) bond motifs is 1. The monoisotopic (exact) mass is 243 g/mol. The Bertz CT molecular complexity index is 575. The highest BCUT2D eigenvalue weighted by Crippen LogP contribution is 2.35. The molecule has 0 bridgehead atoms. The van der Waals surface area contributed by atoms with Gasteiger partial charge >= 0.3 is 0 Å². The second-order valence-corrected chi connectivity index (χ2v) is 4.89. The van der Waals surface area contributed by atoms with Crippen molar-refractivity contribution in [3.8, 4) is 11.1 Å². The largest absolute Gasteiger partial charge is 0.384 e. The molecule has 0 aliphatic carbocycles. The first-order chi connectivity index (χ1) is 8.25. The maximum absolute atomic E-state index is 6.19. The van der Waals surface area contributed by atoms with Gasteiger partial charge in [0.15, 0.2) is 0 Å². The van der Waals surface area contributed by atoms with Crippen molar-refractivity contribution in [2.45, 2.75) is 13.3 Å². The Balaban J connectivity index is 2.15. The van der Waals surface area contributed by atoms with E-state index in [0.717, 1.165) is 23.6 Å². The van der Waals surface area contributed by atoms with E-state index < -0.39 is 0 Å². The molecule has 0 spiro atoms. The Kier molecular flexibility index (Phi) is 2.56. The number of rotatable bonds is 1. The van der Waals surface area contributed by atoms with Crippen LogP contribution < -0.4 is 5.32 Å². The molecule has 1 N–H and O–H groups in total. The molecule has 0 atom stereocenters. The van der Waals surface area contributed by atoms with E-state index in [9.17, 15) is 0 Å². The predicted octanol–water partition coefficient (Wildman–Crippen LogP) is 4.28. The summed E-state index contributed by atoms with van der Waals surface area (Å²) < 4.78 is 0. The summed E-state index contributed by atoms with van der Waals surface area (Å²) in [4.78, 5) is 0. The quantitative estimate of drug-likeness (QED) is 0.788. The molecule has 1 aliphatic heterocycles. The first kappa shape index (κ1) is 10.7. The molecule has 0 saturated heterocycles. The van der Waals surface area contributed by atoms with Gasteiger partial charge in [0.05, 0.1) is 0 Å². The second-order valence-electron chi connectivity index (χ2n) is 4.48. The highest BCUT2D eigenvalue weighted by atomic mass is 35.5. The van der Waals surface area contributed by atoms with Crippen LogP contribution in [0, 0.1) is 6.92 Å². The van der Waals surface area contributed by atoms with Gasteiger partial charge in [0.1, 0.15) is 0 Å². The van der Waals surface area contributed by atoms with Gasteiger partial charge in [0, 0.05) is 22.8 Å². The van der Waals surface area contributed by atoms with E-state index in [1.54, 1.807) is 0 Å². The van der Waals surface area contributed by atoms with E-state index in [1.165, 1.54) is 22.4 Å². The third kappa shape index (κ3) is 1.81. The zero-order valence-corrected chi connectivity index (χ0v) is 10.5. The molecule has 3 rings (SSSR count). The van der Waals surface area contributed by atoms with Crippen molar-refractivity contribution in [1.82, 2.24) is 0 Å². The smallest absolute Gasteiger partial charge is 0.0453 e. The highest BCUT2D eigenvalue weighted by Gasteiger charge is 2.14. The lowest BCUT2D eigenvalue weighted by Crippen LogP contribution is -1.93. The third-order valence-corrected chi connectivity index (χ3v) is 3.74. The molecular formula is C15H14ClN. The van der Waals surface area contributed by atoms with E-state index >= 15 is 0 Å². The summed E-state index contributed by atoms with van der Waals surface area (Å²) in [6, 6.07) is 12.7. The highest BCUT2D eigenvalue weighted by molar-refractivity contribution is 6.31. The molecule has 86 valence electrons. The van der Waals surface area contributed by atoms with E-state index in [1.807, 2.05) is 13.0 Å². The van der Waals surface area contributed by atoms with Crippen LogP contribution in [-0.4, -0.2) is 6.54 Å². The zero-order chi connectivity index (χ0) is 11.8. The fourth-order valence-corrected chi connectivity index (χ4v) is 2.52. The van der Waals surface area contributed by atoms with Crippen molar-refractivity contribution in [3.05, 3.63) is 52.5 Å². The van der Waals surface area contributed by atoms with Crippen LogP contribution in [0.25, 0.3) is 11.1 Å². The molecule has 1 nitrogen and oxygen atoms in total. The van der Waals surface area contributed by atoms with Crippen LogP contribution in [-0.2, 0) is 6.42 Å².